The van der Waals surface area contributed by atoms with E-state index in [-0.39, 0.29) is 17.5 Å². The molecular weight excluding hydrogens is 422 g/mol. The lowest BCUT2D eigenvalue weighted by Crippen LogP contribution is -2.39. The minimum absolute atomic E-state index is 0.0105. The molecule has 0 spiro atoms. The van der Waals surface area contributed by atoms with E-state index >= 15 is 0 Å². The molecule has 164 valence electrons. The van der Waals surface area contributed by atoms with Gasteiger partial charge in [0.1, 0.15) is 5.82 Å². The Kier molecular flexibility index (Phi) is 6.89. The molecule has 2 aromatic heterocycles. The van der Waals surface area contributed by atoms with Gasteiger partial charge in [-0.15, -0.1) is 10.2 Å². The molecule has 30 heavy (non-hydrogen) atoms. The van der Waals surface area contributed by atoms with Gasteiger partial charge in [-0.3, -0.25) is 19.6 Å². The van der Waals surface area contributed by atoms with Crippen LogP contribution in [-0.4, -0.2) is 60.7 Å². The van der Waals surface area contributed by atoms with Gasteiger partial charge in [-0.05, 0) is 44.5 Å². The number of nitrogens with zero attached hydrogens (tertiary/aromatic N) is 6. The summed E-state index contributed by atoms with van der Waals surface area (Å²) in [5, 5.41) is 16.1. The third-order valence-electron chi connectivity index (χ3n) is 5.91. The molecule has 2 fully saturated rings. The first-order valence-corrected chi connectivity index (χ1v) is 12.5. The summed E-state index contributed by atoms with van der Waals surface area (Å²) in [6.07, 6.45) is 6.33. The number of hydrogen-bond donors (Lipinski definition) is 1. The molecule has 0 atom stereocenters. The van der Waals surface area contributed by atoms with Crippen molar-refractivity contribution in [2.45, 2.75) is 61.7 Å². The average Bonchev–Trinajstić information content (AvgIpc) is 3.45. The maximum atomic E-state index is 12.6. The Morgan fingerprint density at radius 2 is 1.93 bits per heavy atom. The summed E-state index contributed by atoms with van der Waals surface area (Å²) in [7, 11) is 1.74. The minimum atomic E-state index is -0.0571. The number of aryl methyl sites for hydroxylation is 1. The number of thioether (sulfide) groups is 1. The lowest BCUT2D eigenvalue weighted by molar-refractivity contribution is -0.117. The van der Waals surface area contributed by atoms with Crippen LogP contribution in [-0.2, 0) is 11.8 Å². The zero-order valence-electron chi connectivity index (χ0n) is 17.5. The van der Waals surface area contributed by atoms with Crippen LogP contribution in [0.15, 0.2) is 9.13 Å². The molecule has 1 aliphatic heterocycles. The average molecular weight is 452 g/mol. The van der Waals surface area contributed by atoms with E-state index in [1.807, 2.05) is 4.57 Å². The maximum Gasteiger partial charge on any atom is 0.345 e. The second-order valence-electron chi connectivity index (χ2n) is 7.98. The summed E-state index contributed by atoms with van der Waals surface area (Å²) in [5.74, 6) is 2.09. The highest BCUT2D eigenvalue weighted by molar-refractivity contribution is 8.01. The number of amides is 1. The summed E-state index contributed by atoms with van der Waals surface area (Å²) in [6, 6.07) is 0.299. The van der Waals surface area contributed by atoms with Crippen LogP contribution in [0.25, 0.3) is 0 Å². The van der Waals surface area contributed by atoms with Gasteiger partial charge in [0.2, 0.25) is 11.0 Å². The van der Waals surface area contributed by atoms with Gasteiger partial charge in [0, 0.05) is 19.0 Å². The van der Waals surface area contributed by atoms with E-state index in [2.05, 4.69) is 32.4 Å². The van der Waals surface area contributed by atoms with E-state index in [0.29, 0.717) is 17.7 Å². The first kappa shape index (κ1) is 21.5. The predicted molar refractivity (Wildman–Crippen MR) is 118 cm³/mol. The summed E-state index contributed by atoms with van der Waals surface area (Å²) in [5.41, 5.74) is 0.0105. The van der Waals surface area contributed by atoms with E-state index in [0.717, 1.165) is 54.7 Å². The van der Waals surface area contributed by atoms with Crippen molar-refractivity contribution in [2.75, 3.05) is 30.7 Å². The monoisotopic (exact) mass is 451 g/mol. The number of anilines is 1. The predicted octanol–water partition coefficient (Wildman–Crippen LogP) is 2.48. The van der Waals surface area contributed by atoms with Crippen LogP contribution < -0.4 is 11.0 Å². The molecule has 0 bridgehead atoms. The van der Waals surface area contributed by atoms with Crippen molar-refractivity contribution < 1.29 is 4.79 Å². The lowest BCUT2D eigenvalue weighted by atomic mass is 9.95. The summed E-state index contributed by atoms with van der Waals surface area (Å²) in [6.45, 7) is 4.05. The van der Waals surface area contributed by atoms with Crippen LogP contribution in [0.2, 0.25) is 0 Å². The third kappa shape index (κ3) is 4.78. The SMILES string of the molecule is CCSc1nnc(NC(=O)CN2CCC(c3nn(C)c(=O)n3C3CCCC3)CC2)s1. The van der Waals surface area contributed by atoms with Crippen molar-refractivity contribution >= 4 is 34.1 Å². The van der Waals surface area contributed by atoms with Gasteiger partial charge >= 0.3 is 5.69 Å². The Bertz CT molecular complexity index is 924. The fourth-order valence-corrected chi connectivity index (χ4v) is 6.10. The molecule has 1 N–H and O–H groups in total. The van der Waals surface area contributed by atoms with Gasteiger partial charge in [-0.1, -0.05) is 42.9 Å². The summed E-state index contributed by atoms with van der Waals surface area (Å²) in [4.78, 5) is 27.2. The second-order valence-corrected chi connectivity index (χ2v) is 10.5. The molecule has 4 rings (SSSR count). The fourth-order valence-electron chi connectivity index (χ4n) is 4.44. The molecule has 1 saturated carbocycles. The van der Waals surface area contributed by atoms with Crippen molar-refractivity contribution in [1.82, 2.24) is 29.4 Å². The van der Waals surface area contributed by atoms with Crippen molar-refractivity contribution in [3.63, 3.8) is 0 Å². The molecule has 2 aromatic rings. The fraction of sp³-hybridized carbons (Fsp3) is 0.737. The van der Waals surface area contributed by atoms with Gasteiger partial charge in [0.25, 0.3) is 0 Å². The number of carbonyl (C=O) groups is 1. The molecule has 1 saturated heterocycles. The number of carbonyl (C=O) groups excluding carboxylic acids is 1. The smallest absolute Gasteiger partial charge is 0.299 e. The Morgan fingerprint density at radius 3 is 2.63 bits per heavy atom. The maximum absolute atomic E-state index is 12.6. The van der Waals surface area contributed by atoms with Crippen LogP contribution in [0.3, 0.4) is 0 Å². The third-order valence-corrected chi connectivity index (χ3v) is 7.77. The topological polar surface area (TPSA) is 97.9 Å². The van der Waals surface area contributed by atoms with Crippen molar-refractivity contribution in [3.05, 3.63) is 16.3 Å². The van der Waals surface area contributed by atoms with E-state index in [9.17, 15) is 9.59 Å². The van der Waals surface area contributed by atoms with Crippen molar-refractivity contribution in [2.24, 2.45) is 7.05 Å². The highest BCUT2D eigenvalue weighted by Gasteiger charge is 2.30. The molecule has 3 heterocycles. The van der Waals surface area contributed by atoms with Crippen LogP contribution in [0.5, 0.6) is 0 Å². The van der Waals surface area contributed by atoms with Gasteiger partial charge in [0.15, 0.2) is 4.34 Å². The van der Waals surface area contributed by atoms with E-state index in [4.69, 9.17) is 0 Å². The molecule has 11 heteroatoms. The minimum Gasteiger partial charge on any atom is -0.299 e. The van der Waals surface area contributed by atoms with Crippen LogP contribution in [0.4, 0.5) is 5.13 Å². The van der Waals surface area contributed by atoms with Crippen LogP contribution >= 0.6 is 23.1 Å². The number of piperidine rings is 1. The summed E-state index contributed by atoms with van der Waals surface area (Å²) >= 11 is 3.03. The zero-order chi connectivity index (χ0) is 21.1. The van der Waals surface area contributed by atoms with Crippen molar-refractivity contribution in [1.29, 1.82) is 0 Å². The first-order chi connectivity index (χ1) is 14.5. The second kappa shape index (κ2) is 9.61. The molecule has 2 aliphatic rings. The lowest BCUT2D eigenvalue weighted by Gasteiger charge is -2.31. The van der Waals surface area contributed by atoms with Gasteiger partial charge < -0.3 is 0 Å². The highest BCUT2D eigenvalue weighted by atomic mass is 32.2. The quantitative estimate of drug-likeness (QED) is 0.510. The van der Waals surface area contributed by atoms with E-state index in [1.54, 1.807) is 18.8 Å². The summed E-state index contributed by atoms with van der Waals surface area (Å²) < 4.78 is 4.32. The number of rotatable bonds is 7. The molecule has 9 nitrogen and oxygen atoms in total. The normalized spacial score (nSPS) is 18.9. The van der Waals surface area contributed by atoms with Crippen LogP contribution in [0.1, 0.15) is 63.2 Å². The number of hydrogen-bond acceptors (Lipinski definition) is 8. The number of nitrogens with one attached hydrogen (secondary N) is 1. The Morgan fingerprint density at radius 1 is 1.20 bits per heavy atom. The number of aromatic nitrogens is 5. The largest absolute Gasteiger partial charge is 0.345 e. The van der Waals surface area contributed by atoms with Gasteiger partial charge in [-0.25, -0.2) is 9.48 Å². The molecule has 0 unspecified atom stereocenters. The van der Waals surface area contributed by atoms with Gasteiger partial charge in [0.05, 0.1) is 6.54 Å². The first-order valence-electron chi connectivity index (χ1n) is 10.7. The van der Waals surface area contributed by atoms with E-state index < -0.39 is 0 Å². The molecule has 1 amide bonds. The Labute approximate surface area is 184 Å². The zero-order valence-corrected chi connectivity index (χ0v) is 19.2. The molecule has 1 aliphatic carbocycles. The van der Waals surface area contributed by atoms with Crippen molar-refractivity contribution in [3.8, 4) is 0 Å². The highest BCUT2D eigenvalue weighted by Crippen LogP contribution is 2.33. The molecular formula is C19H29N7O2S2. The Hall–Kier alpha value is -1.72. The van der Waals surface area contributed by atoms with Gasteiger partial charge in [-0.2, -0.15) is 5.10 Å². The molecule has 0 aromatic carbocycles. The standard InChI is InChI=1S/C19H29N7O2S2/c1-3-29-18-22-21-17(30-18)20-15(27)12-25-10-8-13(9-11-25)16-23-24(2)19(28)26(16)14-6-4-5-7-14/h13-14H,3-12H2,1-2H3,(H,20,21,27). The molecule has 0 radical (unpaired) electrons. The number of likely N-dealkylation sites (tertiary alicyclic amines) is 1. The van der Waals surface area contributed by atoms with E-state index in [1.165, 1.54) is 28.9 Å². The van der Waals surface area contributed by atoms with Crippen LogP contribution in [0, 0.1) is 0 Å². The Balaban J connectivity index is 1.32.